The van der Waals surface area contributed by atoms with Crippen LogP contribution < -0.4 is 11.1 Å². The van der Waals surface area contributed by atoms with Crippen molar-refractivity contribution in [3.8, 4) is 0 Å². The Labute approximate surface area is 98.7 Å². The maximum atomic E-state index is 11.7. The third kappa shape index (κ3) is 3.01. The van der Waals surface area contributed by atoms with Crippen molar-refractivity contribution in [3.05, 3.63) is 48.5 Å². The molecule has 1 aromatic heterocycles. The third-order valence-corrected chi connectivity index (χ3v) is 2.25. The molecular weight excluding hydrogens is 216 g/mol. The van der Waals surface area contributed by atoms with Gasteiger partial charge < -0.3 is 11.1 Å². The number of anilines is 2. The number of aromatic nitrogens is 2. The van der Waals surface area contributed by atoms with Crippen LogP contribution in [0.4, 0.5) is 11.4 Å². The van der Waals surface area contributed by atoms with Crippen LogP contribution in [-0.2, 0) is 11.2 Å². The monoisotopic (exact) mass is 228 g/mol. The first-order valence-electron chi connectivity index (χ1n) is 5.14. The highest BCUT2D eigenvalue weighted by molar-refractivity contribution is 5.92. The van der Waals surface area contributed by atoms with E-state index in [1.54, 1.807) is 18.5 Å². The van der Waals surface area contributed by atoms with Crippen molar-refractivity contribution in [2.24, 2.45) is 0 Å². The van der Waals surface area contributed by atoms with Gasteiger partial charge in [-0.1, -0.05) is 18.2 Å². The fourth-order valence-electron chi connectivity index (χ4n) is 1.44. The number of carbonyl (C=O) groups is 1. The molecule has 0 aliphatic heterocycles. The molecule has 0 aliphatic carbocycles. The van der Waals surface area contributed by atoms with E-state index in [0.717, 1.165) is 5.56 Å². The standard InChI is InChI=1S/C12H12N4O/c13-11-4-2-1-3-9(11)5-12(17)16-10-6-14-8-15-7-10/h1-4,6-8H,5,13H2,(H,16,17). The predicted molar refractivity (Wildman–Crippen MR) is 65.2 cm³/mol. The van der Waals surface area contributed by atoms with Gasteiger partial charge in [-0.25, -0.2) is 9.97 Å². The van der Waals surface area contributed by atoms with E-state index in [-0.39, 0.29) is 12.3 Å². The SMILES string of the molecule is Nc1ccccc1CC(=O)Nc1cncnc1. The number of para-hydroxylation sites is 1. The Balaban J connectivity index is 2.01. The average molecular weight is 228 g/mol. The molecule has 1 amide bonds. The fraction of sp³-hybridized carbons (Fsp3) is 0.0833. The van der Waals surface area contributed by atoms with Crippen LogP contribution in [0.1, 0.15) is 5.56 Å². The van der Waals surface area contributed by atoms with Crippen LogP contribution in [-0.4, -0.2) is 15.9 Å². The second-order valence-electron chi connectivity index (χ2n) is 3.55. The van der Waals surface area contributed by atoms with Gasteiger partial charge in [0.25, 0.3) is 0 Å². The number of carbonyl (C=O) groups excluding carboxylic acids is 1. The summed E-state index contributed by atoms with van der Waals surface area (Å²) in [7, 11) is 0. The first-order valence-corrected chi connectivity index (χ1v) is 5.14. The fourth-order valence-corrected chi connectivity index (χ4v) is 1.44. The lowest BCUT2D eigenvalue weighted by Crippen LogP contribution is -2.15. The highest BCUT2D eigenvalue weighted by atomic mass is 16.1. The van der Waals surface area contributed by atoms with Crippen molar-refractivity contribution in [1.29, 1.82) is 0 Å². The van der Waals surface area contributed by atoms with E-state index in [9.17, 15) is 4.79 Å². The summed E-state index contributed by atoms with van der Waals surface area (Å²) >= 11 is 0. The van der Waals surface area contributed by atoms with Gasteiger partial charge in [-0.05, 0) is 11.6 Å². The van der Waals surface area contributed by atoms with E-state index in [2.05, 4.69) is 15.3 Å². The van der Waals surface area contributed by atoms with Gasteiger partial charge >= 0.3 is 0 Å². The quantitative estimate of drug-likeness (QED) is 0.774. The molecule has 3 N–H and O–H groups in total. The van der Waals surface area contributed by atoms with Crippen LogP contribution in [0, 0.1) is 0 Å². The minimum Gasteiger partial charge on any atom is -0.398 e. The lowest BCUT2D eigenvalue weighted by molar-refractivity contribution is -0.115. The van der Waals surface area contributed by atoms with E-state index in [1.165, 1.54) is 6.33 Å². The third-order valence-electron chi connectivity index (χ3n) is 2.25. The van der Waals surface area contributed by atoms with Gasteiger partial charge in [-0.2, -0.15) is 0 Å². The molecule has 17 heavy (non-hydrogen) atoms. The van der Waals surface area contributed by atoms with Crippen molar-refractivity contribution in [3.63, 3.8) is 0 Å². The van der Waals surface area contributed by atoms with Gasteiger partial charge in [0.2, 0.25) is 5.91 Å². The zero-order chi connectivity index (χ0) is 12.1. The van der Waals surface area contributed by atoms with Gasteiger partial charge in [0.15, 0.2) is 0 Å². The molecule has 2 aromatic rings. The number of nitrogens with one attached hydrogen (secondary N) is 1. The number of nitrogens with zero attached hydrogens (tertiary/aromatic N) is 2. The highest BCUT2D eigenvalue weighted by Gasteiger charge is 2.06. The lowest BCUT2D eigenvalue weighted by atomic mass is 10.1. The highest BCUT2D eigenvalue weighted by Crippen LogP contribution is 2.12. The van der Waals surface area contributed by atoms with Crippen LogP contribution in [0.15, 0.2) is 43.0 Å². The average Bonchev–Trinajstić information content (AvgIpc) is 2.33. The van der Waals surface area contributed by atoms with Crippen molar-refractivity contribution in [2.45, 2.75) is 6.42 Å². The van der Waals surface area contributed by atoms with Gasteiger partial charge in [0, 0.05) is 5.69 Å². The normalized spacial score (nSPS) is 9.88. The molecule has 1 heterocycles. The Kier molecular flexibility index (Phi) is 3.30. The van der Waals surface area contributed by atoms with Crippen LogP contribution in [0.2, 0.25) is 0 Å². The number of hydrogen-bond acceptors (Lipinski definition) is 4. The van der Waals surface area contributed by atoms with Crippen molar-refractivity contribution >= 4 is 17.3 Å². The first-order chi connectivity index (χ1) is 8.25. The number of benzene rings is 1. The molecule has 86 valence electrons. The molecule has 0 saturated heterocycles. The summed E-state index contributed by atoms with van der Waals surface area (Å²) in [4.78, 5) is 19.3. The molecule has 1 aromatic carbocycles. The summed E-state index contributed by atoms with van der Waals surface area (Å²) in [6.07, 6.45) is 4.73. The molecule has 0 aliphatic rings. The smallest absolute Gasteiger partial charge is 0.228 e. The van der Waals surface area contributed by atoms with E-state index in [1.807, 2.05) is 18.2 Å². The summed E-state index contributed by atoms with van der Waals surface area (Å²) in [5, 5.41) is 2.70. The molecule has 0 bridgehead atoms. The maximum absolute atomic E-state index is 11.7. The minimum atomic E-state index is -0.141. The Morgan fingerprint density at radius 2 is 1.94 bits per heavy atom. The molecule has 5 heteroatoms. The summed E-state index contributed by atoms with van der Waals surface area (Å²) < 4.78 is 0. The second-order valence-corrected chi connectivity index (χ2v) is 3.55. The van der Waals surface area contributed by atoms with Crippen LogP contribution in [0.25, 0.3) is 0 Å². The predicted octanol–water partition coefficient (Wildman–Crippen LogP) is 1.24. The molecular formula is C12H12N4O. The second kappa shape index (κ2) is 5.07. The van der Waals surface area contributed by atoms with Crippen molar-refractivity contribution in [2.75, 3.05) is 11.1 Å². The Hall–Kier alpha value is -2.43. The Morgan fingerprint density at radius 3 is 2.65 bits per heavy atom. The number of nitrogens with two attached hydrogens (primary N) is 1. The minimum absolute atomic E-state index is 0.141. The first kappa shape index (κ1) is 11.1. The number of rotatable bonds is 3. The molecule has 0 unspecified atom stereocenters. The molecule has 2 rings (SSSR count). The molecule has 0 atom stereocenters. The largest absolute Gasteiger partial charge is 0.398 e. The van der Waals surface area contributed by atoms with Gasteiger partial charge in [0.05, 0.1) is 24.5 Å². The molecule has 0 spiro atoms. The van der Waals surface area contributed by atoms with Crippen LogP contribution in [0.5, 0.6) is 0 Å². The van der Waals surface area contributed by atoms with Crippen LogP contribution >= 0.6 is 0 Å². The Bertz CT molecular complexity index is 513. The number of hydrogen-bond donors (Lipinski definition) is 2. The number of amides is 1. The molecule has 0 fully saturated rings. The molecule has 0 radical (unpaired) electrons. The summed E-state index contributed by atoms with van der Waals surface area (Å²) in [5.41, 5.74) is 7.76. The number of nitrogen functional groups attached to an aromatic ring is 1. The summed E-state index contributed by atoms with van der Waals surface area (Å²) in [5.74, 6) is -0.141. The van der Waals surface area contributed by atoms with Gasteiger partial charge in [-0.3, -0.25) is 4.79 Å². The van der Waals surface area contributed by atoms with Crippen molar-refractivity contribution in [1.82, 2.24) is 9.97 Å². The Morgan fingerprint density at radius 1 is 1.24 bits per heavy atom. The van der Waals surface area contributed by atoms with Crippen molar-refractivity contribution < 1.29 is 4.79 Å². The zero-order valence-corrected chi connectivity index (χ0v) is 9.13. The van der Waals surface area contributed by atoms with Gasteiger partial charge in [0.1, 0.15) is 6.33 Å². The zero-order valence-electron chi connectivity index (χ0n) is 9.13. The lowest BCUT2D eigenvalue weighted by Gasteiger charge is -2.06. The topological polar surface area (TPSA) is 80.9 Å². The molecule has 0 saturated carbocycles. The van der Waals surface area contributed by atoms with E-state index in [0.29, 0.717) is 11.4 Å². The maximum Gasteiger partial charge on any atom is 0.228 e. The summed E-state index contributed by atoms with van der Waals surface area (Å²) in [6, 6.07) is 7.29. The van der Waals surface area contributed by atoms with Crippen LogP contribution in [0.3, 0.4) is 0 Å². The van der Waals surface area contributed by atoms with E-state index < -0.39 is 0 Å². The molecule has 5 nitrogen and oxygen atoms in total. The summed E-state index contributed by atoms with van der Waals surface area (Å²) in [6.45, 7) is 0. The van der Waals surface area contributed by atoms with E-state index >= 15 is 0 Å². The van der Waals surface area contributed by atoms with Gasteiger partial charge in [-0.15, -0.1) is 0 Å². The van der Waals surface area contributed by atoms with E-state index in [4.69, 9.17) is 5.73 Å².